The van der Waals surface area contributed by atoms with Gasteiger partial charge in [0.15, 0.2) is 0 Å². The van der Waals surface area contributed by atoms with Crippen molar-refractivity contribution in [1.82, 2.24) is 15.0 Å². The Morgan fingerprint density at radius 3 is 2.30 bits per heavy atom. The Morgan fingerprint density at radius 1 is 1.10 bits per heavy atom. The molecule has 0 spiro atoms. The van der Waals surface area contributed by atoms with Crippen molar-refractivity contribution in [2.45, 2.75) is 33.7 Å². The molecule has 0 bridgehead atoms. The molecule has 1 rings (SSSR count). The van der Waals surface area contributed by atoms with E-state index in [9.17, 15) is 0 Å². The van der Waals surface area contributed by atoms with Crippen LogP contribution >= 0.6 is 0 Å². The largest absolute Gasteiger partial charge is 0.380 e. The van der Waals surface area contributed by atoms with Crippen molar-refractivity contribution in [2.24, 2.45) is 0 Å². The van der Waals surface area contributed by atoms with E-state index in [2.05, 4.69) is 44.3 Å². The van der Waals surface area contributed by atoms with Crippen LogP contribution in [0.25, 0.3) is 0 Å². The minimum atomic E-state index is 0.145. The molecule has 7 heteroatoms. The summed E-state index contributed by atoms with van der Waals surface area (Å²) in [6.45, 7) is 11.2. The van der Waals surface area contributed by atoms with Gasteiger partial charge in [-0.25, -0.2) is 0 Å². The van der Waals surface area contributed by atoms with Crippen LogP contribution in [0.5, 0.6) is 0 Å². The van der Waals surface area contributed by atoms with E-state index in [-0.39, 0.29) is 6.04 Å². The van der Waals surface area contributed by atoms with Crippen LogP contribution in [0.4, 0.5) is 17.8 Å². The zero-order chi connectivity index (χ0) is 15.0. The van der Waals surface area contributed by atoms with Gasteiger partial charge in [0.05, 0.1) is 6.61 Å². The van der Waals surface area contributed by atoms with E-state index < -0.39 is 0 Å². The summed E-state index contributed by atoms with van der Waals surface area (Å²) in [4.78, 5) is 15.3. The average molecular weight is 282 g/mol. The zero-order valence-corrected chi connectivity index (χ0v) is 13.1. The van der Waals surface area contributed by atoms with E-state index in [1.165, 1.54) is 0 Å². The first kappa shape index (κ1) is 16.4. The molecule has 114 valence electrons. The number of aromatic nitrogens is 3. The molecule has 7 nitrogen and oxygen atoms in total. The molecule has 0 aliphatic heterocycles. The maximum Gasteiger partial charge on any atom is 0.231 e. The molecule has 1 atom stereocenters. The first-order chi connectivity index (χ1) is 9.64. The van der Waals surface area contributed by atoms with Crippen LogP contribution in [0.1, 0.15) is 27.7 Å². The lowest BCUT2D eigenvalue weighted by molar-refractivity contribution is 0.141. The molecule has 0 aliphatic carbocycles. The minimum Gasteiger partial charge on any atom is -0.380 e. The summed E-state index contributed by atoms with van der Waals surface area (Å²) in [5.74, 6) is 1.81. The van der Waals surface area contributed by atoms with Crippen LogP contribution in [0, 0.1) is 0 Å². The summed E-state index contributed by atoms with van der Waals surface area (Å²) in [5, 5.41) is 6.21. The first-order valence-corrected chi connectivity index (χ1v) is 7.17. The van der Waals surface area contributed by atoms with Crippen molar-refractivity contribution in [2.75, 3.05) is 48.9 Å². The number of ether oxygens (including phenoxy) is 1. The topological polar surface area (TPSA) is 75.2 Å². The number of nitrogens with one attached hydrogen (secondary N) is 2. The Balaban J connectivity index is 2.87. The van der Waals surface area contributed by atoms with Gasteiger partial charge in [-0.1, -0.05) is 0 Å². The number of anilines is 3. The molecule has 0 saturated carbocycles. The van der Waals surface area contributed by atoms with Gasteiger partial charge in [-0.3, -0.25) is 0 Å². The fraction of sp³-hybridized carbons (Fsp3) is 0.769. The van der Waals surface area contributed by atoms with Crippen molar-refractivity contribution in [3.8, 4) is 0 Å². The highest BCUT2D eigenvalue weighted by molar-refractivity contribution is 5.43. The Kier molecular flexibility index (Phi) is 7.00. The van der Waals surface area contributed by atoms with Crippen LogP contribution in [0.2, 0.25) is 0 Å². The van der Waals surface area contributed by atoms with E-state index in [1.807, 2.05) is 13.8 Å². The molecule has 0 amide bonds. The van der Waals surface area contributed by atoms with E-state index in [4.69, 9.17) is 4.74 Å². The van der Waals surface area contributed by atoms with Crippen molar-refractivity contribution in [3.63, 3.8) is 0 Å². The summed E-state index contributed by atoms with van der Waals surface area (Å²) in [6, 6.07) is 0.145. The standard InChI is InChI=1S/C13H26N6O/c1-6-19(7-2)13-17-11(14-5)16-12(18-13)15-10(4)9-20-8-3/h10H,6-9H2,1-5H3,(H2,14,15,16,17,18). The third-order valence-corrected chi connectivity index (χ3v) is 2.84. The predicted octanol–water partition coefficient (Wildman–Crippen LogP) is 1.60. The SMILES string of the molecule is CCOCC(C)Nc1nc(NC)nc(N(CC)CC)n1. The zero-order valence-electron chi connectivity index (χ0n) is 13.1. The second-order valence-electron chi connectivity index (χ2n) is 4.41. The summed E-state index contributed by atoms with van der Waals surface area (Å²) >= 11 is 0. The Morgan fingerprint density at radius 2 is 1.75 bits per heavy atom. The number of hydrogen-bond donors (Lipinski definition) is 2. The minimum absolute atomic E-state index is 0.145. The summed E-state index contributed by atoms with van der Waals surface area (Å²) in [6.07, 6.45) is 0. The van der Waals surface area contributed by atoms with Gasteiger partial charge >= 0.3 is 0 Å². The highest BCUT2D eigenvalue weighted by Gasteiger charge is 2.12. The van der Waals surface area contributed by atoms with Crippen LogP contribution in [0.15, 0.2) is 0 Å². The van der Waals surface area contributed by atoms with E-state index in [0.29, 0.717) is 31.1 Å². The van der Waals surface area contributed by atoms with Crippen molar-refractivity contribution in [3.05, 3.63) is 0 Å². The molecule has 0 aromatic carbocycles. The van der Waals surface area contributed by atoms with Crippen molar-refractivity contribution >= 4 is 17.8 Å². The lowest BCUT2D eigenvalue weighted by atomic mass is 10.4. The smallest absolute Gasteiger partial charge is 0.231 e. The summed E-state index contributed by atoms with van der Waals surface area (Å²) in [7, 11) is 1.80. The molecular formula is C13H26N6O. The maximum absolute atomic E-state index is 5.38. The van der Waals surface area contributed by atoms with Gasteiger partial charge in [-0.05, 0) is 27.7 Å². The molecule has 1 unspecified atom stereocenters. The van der Waals surface area contributed by atoms with Gasteiger partial charge in [0.2, 0.25) is 17.8 Å². The summed E-state index contributed by atoms with van der Waals surface area (Å²) in [5.41, 5.74) is 0. The highest BCUT2D eigenvalue weighted by atomic mass is 16.5. The molecule has 0 fully saturated rings. The van der Waals surface area contributed by atoms with Crippen LogP contribution in [-0.2, 0) is 4.74 Å². The van der Waals surface area contributed by atoms with Gasteiger partial charge in [-0.15, -0.1) is 0 Å². The van der Waals surface area contributed by atoms with Gasteiger partial charge in [0, 0.05) is 32.8 Å². The number of nitrogens with zero attached hydrogens (tertiary/aromatic N) is 4. The molecular weight excluding hydrogens is 256 g/mol. The normalized spacial score (nSPS) is 12.1. The van der Waals surface area contributed by atoms with Crippen LogP contribution < -0.4 is 15.5 Å². The third-order valence-electron chi connectivity index (χ3n) is 2.84. The Hall–Kier alpha value is -1.63. The van der Waals surface area contributed by atoms with Crippen LogP contribution in [0.3, 0.4) is 0 Å². The second-order valence-corrected chi connectivity index (χ2v) is 4.41. The van der Waals surface area contributed by atoms with Gasteiger partial charge in [0.1, 0.15) is 0 Å². The van der Waals surface area contributed by atoms with Gasteiger partial charge in [-0.2, -0.15) is 15.0 Å². The average Bonchev–Trinajstić information content (AvgIpc) is 2.46. The molecule has 1 aromatic rings. The predicted molar refractivity (Wildman–Crippen MR) is 82.5 cm³/mol. The first-order valence-electron chi connectivity index (χ1n) is 7.17. The quantitative estimate of drug-likeness (QED) is 0.712. The molecule has 0 saturated heterocycles. The monoisotopic (exact) mass is 282 g/mol. The fourth-order valence-electron chi connectivity index (χ4n) is 1.75. The number of rotatable bonds is 9. The number of hydrogen-bond acceptors (Lipinski definition) is 7. The molecule has 0 aliphatic rings. The molecule has 2 N–H and O–H groups in total. The van der Waals surface area contributed by atoms with E-state index in [1.54, 1.807) is 7.05 Å². The Labute approximate surface area is 121 Å². The van der Waals surface area contributed by atoms with Gasteiger partial charge in [0.25, 0.3) is 0 Å². The lowest BCUT2D eigenvalue weighted by Crippen LogP contribution is -2.27. The lowest BCUT2D eigenvalue weighted by Gasteiger charge is -2.20. The third kappa shape index (κ3) is 4.80. The molecule has 0 radical (unpaired) electrons. The molecule has 1 heterocycles. The summed E-state index contributed by atoms with van der Waals surface area (Å²) < 4.78 is 5.38. The van der Waals surface area contributed by atoms with E-state index in [0.717, 1.165) is 13.1 Å². The fourth-order valence-corrected chi connectivity index (χ4v) is 1.75. The molecule has 20 heavy (non-hydrogen) atoms. The van der Waals surface area contributed by atoms with E-state index >= 15 is 0 Å². The Bertz CT molecular complexity index is 396. The van der Waals surface area contributed by atoms with Crippen molar-refractivity contribution in [1.29, 1.82) is 0 Å². The molecule has 1 aromatic heterocycles. The highest BCUT2D eigenvalue weighted by Crippen LogP contribution is 2.13. The second kappa shape index (κ2) is 8.52. The van der Waals surface area contributed by atoms with Crippen molar-refractivity contribution < 1.29 is 4.74 Å². The van der Waals surface area contributed by atoms with Crippen LogP contribution in [-0.4, -0.2) is 54.3 Å². The maximum atomic E-state index is 5.38. The van der Waals surface area contributed by atoms with Gasteiger partial charge < -0.3 is 20.3 Å².